The first kappa shape index (κ1) is 25.1. The third-order valence-electron chi connectivity index (χ3n) is 6.85. The zero-order chi connectivity index (χ0) is 26.0. The van der Waals surface area contributed by atoms with Crippen molar-refractivity contribution >= 4 is 43.9 Å². The number of rotatable bonds is 3. The van der Waals surface area contributed by atoms with E-state index >= 15 is 0 Å². The van der Waals surface area contributed by atoms with E-state index in [1.807, 2.05) is 24.4 Å². The van der Waals surface area contributed by atoms with E-state index in [1.165, 1.54) is 17.8 Å². The molecule has 0 amide bonds. The number of pyridine rings is 2. The maximum Gasteiger partial charge on any atom is 2.00 e. The summed E-state index contributed by atoms with van der Waals surface area (Å²) >= 11 is 0. The number of para-hydroxylation sites is 1. The average Bonchev–Trinajstić information content (AvgIpc) is 3.44. The van der Waals surface area contributed by atoms with E-state index in [9.17, 15) is 5.11 Å². The predicted octanol–water partition coefficient (Wildman–Crippen LogP) is 7.87. The van der Waals surface area contributed by atoms with E-state index in [2.05, 4.69) is 72.8 Å². The van der Waals surface area contributed by atoms with Gasteiger partial charge in [0.25, 0.3) is 0 Å². The number of aromatic nitrogens is 3. The van der Waals surface area contributed by atoms with Gasteiger partial charge in [-0.25, -0.2) is 9.97 Å². The summed E-state index contributed by atoms with van der Waals surface area (Å²) < 4.78 is 14.1. The van der Waals surface area contributed by atoms with Crippen molar-refractivity contribution in [3.63, 3.8) is 0 Å². The predicted molar refractivity (Wildman–Crippen MR) is 148 cm³/mol. The number of fused-ring (bicyclic) bond motifs is 6. The number of furan rings is 1. The van der Waals surface area contributed by atoms with Crippen LogP contribution >= 0.6 is 0 Å². The van der Waals surface area contributed by atoms with Crippen molar-refractivity contribution in [2.24, 2.45) is 0 Å². The molecule has 0 saturated carbocycles. The molecule has 0 bridgehead atoms. The number of hydrogen-bond donors (Lipinski definition) is 1. The Hall–Kier alpha value is -4.15. The summed E-state index contributed by atoms with van der Waals surface area (Å²) in [5.74, 6) is 1.94. The molecule has 0 spiro atoms. The van der Waals surface area contributed by atoms with E-state index in [0.29, 0.717) is 33.6 Å². The molecule has 0 fully saturated rings. The molecule has 1 N–H and O–H groups in total. The van der Waals surface area contributed by atoms with Crippen LogP contribution in [0.25, 0.3) is 49.7 Å². The summed E-state index contributed by atoms with van der Waals surface area (Å²) in [4.78, 5) is 8.94. The summed E-state index contributed by atoms with van der Waals surface area (Å²) in [7, 11) is 0. The molecular weight excluding hydrogens is 669 g/mol. The van der Waals surface area contributed by atoms with Crippen LogP contribution in [0.5, 0.6) is 17.2 Å². The molecule has 0 aliphatic rings. The minimum Gasteiger partial charge on any atom is -0.517 e. The molecule has 0 saturated heterocycles. The Bertz CT molecular complexity index is 2020. The van der Waals surface area contributed by atoms with Gasteiger partial charge in [-0.3, -0.25) is 0 Å². The minimum atomic E-state index is -0.00980. The fourth-order valence-electron chi connectivity index (χ4n) is 4.94. The molecule has 3 aromatic carbocycles. The van der Waals surface area contributed by atoms with Crippen molar-refractivity contribution in [2.45, 2.75) is 26.2 Å². The van der Waals surface area contributed by atoms with Crippen molar-refractivity contribution in [3.05, 3.63) is 96.8 Å². The Labute approximate surface area is 239 Å². The van der Waals surface area contributed by atoms with Crippen LogP contribution in [0.4, 0.5) is 0 Å². The molecule has 7 aromatic rings. The van der Waals surface area contributed by atoms with E-state index < -0.39 is 0 Å². The van der Waals surface area contributed by atoms with E-state index in [0.717, 1.165) is 27.6 Å². The van der Waals surface area contributed by atoms with Crippen LogP contribution in [-0.4, -0.2) is 19.6 Å². The number of hydrogen-bond acceptors (Lipinski definition) is 5. The maximum atomic E-state index is 10.4. The zero-order valence-electron chi connectivity index (χ0n) is 21.4. The van der Waals surface area contributed by atoms with Crippen LogP contribution in [0, 0.1) is 12.1 Å². The molecule has 4 heterocycles. The Morgan fingerprint density at radius 1 is 0.872 bits per heavy atom. The molecule has 0 aliphatic carbocycles. The first-order chi connectivity index (χ1) is 18.4. The van der Waals surface area contributed by atoms with Gasteiger partial charge >= 0.3 is 21.1 Å². The van der Waals surface area contributed by atoms with Gasteiger partial charge < -0.3 is 18.8 Å². The van der Waals surface area contributed by atoms with E-state index in [4.69, 9.17) is 14.1 Å². The van der Waals surface area contributed by atoms with Crippen molar-refractivity contribution in [2.75, 3.05) is 0 Å². The average molecular weight is 693 g/mol. The molecule has 39 heavy (non-hydrogen) atoms. The second kappa shape index (κ2) is 9.25. The largest absolute Gasteiger partial charge is 2.00 e. The third kappa shape index (κ3) is 4.16. The summed E-state index contributed by atoms with van der Waals surface area (Å²) in [5, 5.41) is 13.7. The molecule has 0 unspecified atom stereocenters. The normalized spacial score (nSPS) is 11.9. The fraction of sp³-hybridized carbons (Fsp3) is 0.125. The third-order valence-corrected chi connectivity index (χ3v) is 6.85. The SMILES string of the molecule is CC(C)(C)c1ccnc(-n2c3[c-]c(Oc4[c-]c5c(cc4)oc4nccc(O)c45)ccc3c3ccccc32)c1.[Pt+2]. The van der Waals surface area contributed by atoms with Crippen molar-refractivity contribution < 1.29 is 35.3 Å². The molecule has 6 nitrogen and oxygen atoms in total. The van der Waals surface area contributed by atoms with Crippen molar-refractivity contribution in [3.8, 4) is 23.1 Å². The van der Waals surface area contributed by atoms with E-state index in [-0.39, 0.29) is 32.2 Å². The van der Waals surface area contributed by atoms with Gasteiger partial charge in [0.2, 0.25) is 0 Å². The van der Waals surface area contributed by atoms with Gasteiger partial charge in [0.1, 0.15) is 5.82 Å². The Balaban J connectivity index is 0.00000277. The quantitative estimate of drug-likeness (QED) is 0.191. The second-order valence-electron chi connectivity index (χ2n) is 10.4. The minimum absolute atomic E-state index is 0. The summed E-state index contributed by atoms with van der Waals surface area (Å²) in [6.07, 6.45) is 3.37. The molecule has 0 radical (unpaired) electrons. The van der Waals surface area contributed by atoms with Gasteiger partial charge in [-0.2, -0.15) is 6.07 Å². The van der Waals surface area contributed by atoms with Gasteiger partial charge in [-0.05, 0) is 40.6 Å². The van der Waals surface area contributed by atoms with Gasteiger partial charge in [0.05, 0.1) is 5.75 Å². The molecular formula is C32H23N3O3Pt. The second-order valence-corrected chi connectivity index (χ2v) is 10.4. The number of nitrogens with zero attached hydrogens (tertiary/aromatic N) is 3. The monoisotopic (exact) mass is 692 g/mol. The molecule has 7 rings (SSSR count). The van der Waals surface area contributed by atoms with Crippen molar-refractivity contribution in [1.29, 1.82) is 0 Å². The maximum absolute atomic E-state index is 10.4. The molecule has 4 aromatic heterocycles. The van der Waals surface area contributed by atoms with Gasteiger partial charge in [0.15, 0.2) is 5.71 Å². The molecule has 0 aliphatic heterocycles. The van der Waals surface area contributed by atoms with Crippen LogP contribution in [0.1, 0.15) is 26.3 Å². The first-order valence-electron chi connectivity index (χ1n) is 12.4. The van der Waals surface area contributed by atoms with Crippen molar-refractivity contribution in [1.82, 2.24) is 14.5 Å². The smallest absolute Gasteiger partial charge is 0.517 e. The topological polar surface area (TPSA) is 73.3 Å². The van der Waals surface area contributed by atoms with Gasteiger partial charge in [-0.15, -0.1) is 17.5 Å². The van der Waals surface area contributed by atoms with Crippen LogP contribution in [0.2, 0.25) is 0 Å². The number of ether oxygens (including phenoxy) is 1. The van der Waals surface area contributed by atoms with E-state index in [1.54, 1.807) is 12.1 Å². The number of benzene rings is 3. The zero-order valence-corrected chi connectivity index (χ0v) is 23.7. The summed E-state index contributed by atoms with van der Waals surface area (Å²) in [5.41, 5.74) is 4.05. The molecule has 194 valence electrons. The first-order valence-corrected chi connectivity index (χ1v) is 12.4. The van der Waals surface area contributed by atoms with Crippen LogP contribution in [0.15, 0.2) is 83.5 Å². The summed E-state index contributed by atoms with van der Waals surface area (Å²) in [6.45, 7) is 6.59. The Kier molecular flexibility index (Phi) is 5.96. The molecule has 7 heteroatoms. The van der Waals surface area contributed by atoms with Crippen LogP contribution < -0.4 is 4.74 Å². The standard InChI is InChI=1S/C32H23N3O3.Pt/c1-32(2,3)19-12-14-33-29(16-19)35-25-7-5-4-6-22(25)23-10-8-21(18-26(23)35)37-20-9-11-28-24(17-20)30-27(36)13-15-34-31(30)38-28;/h4-16H,1-3H3,(H,34,36);/q-2;+2. The Morgan fingerprint density at radius 3 is 2.49 bits per heavy atom. The van der Waals surface area contributed by atoms with Gasteiger partial charge in [0, 0.05) is 40.4 Å². The Morgan fingerprint density at radius 2 is 1.64 bits per heavy atom. The van der Waals surface area contributed by atoms with Crippen LogP contribution in [0.3, 0.4) is 0 Å². The molecule has 0 atom stereocenters. The summed E-state index contributed by atoms with van der Waals surface area (Å²) in [6, 6.07) is 28.3. The van der Waals surface area contributed by atoms with Gasteiger partial charge in [-0.1, -0.05) is 68.1 Å². The fourth-order valence-corrected chi connectivity index (χ4v) is 4.94. The number of aromatic hydroxyl groups is 1. The van der Waals surface area contributed by atoms with Crippen LogP contribution in [-0.2, 0) is 26.5 Å².